The Balaban J connectivity index is 2.27. The second-order valence-corrected chi connectivity index (χ2v) is 6.66. The first-order valence-electron chi connectivity index (χ1n) is 8.76. The van der Waals surface area contributed by atoms with Gasteiger partial charge >= 0.3 is 5.97 Å². The minimum Gasteiger partial charge on any atom is -0.494 e. The summed E-state index contributed by atoms with van der Waals surface area (Å²) in [7, 11) is 1.40. The van der Waals surface area contributed by atoms with Crippen LogP contribution in [-0.4, -0.2) is 37.3 Å². The fourth-order valence-corrected chi connectivity index (χ4v) is 3.02. The zero-order chi connectivity index (χ0) is 22.1. The van der Waals surface area contributed by atoms with Crippen LogP contribution in [0.2, 0.25) is 0 Å². The van der Waals surface area contributed by atoms with Crippen LogP contribution in [0.5, 0.6) is 17.2 Å². The molecule has 156 valence electrons. The van der Waals surface area contributed by atoms with Gasteiger partial charge in [-0.1, -0.05) is 6.07 Å². The molecule has 0 saturated carbocycles. The summed E-state index contributed by atoms with van der Waals surface area (Å²) in [5.41, 5.74) is 0.837. The SMILES string of the molecule is CCOc1cccc(NC(=O)/C(C#N)=C\c2cc(Br)c(OCC(=O)O)c(OC)c2)c1. The molecule has 2 aromatic rings. The van der Waals surface area contributed by atoms with Crippen LogP contribution in [0.3, 0.4) is 0 Å². The smallest absolute Gasteiger partial charge is 0.341 e. The van der Waals surface area contributed by atoms with Gasteiger partial charge in [-0.15, -0.1) is 0 Å². The number of ether oxygens (including phenoxy) is 3. The van der Waals surface area contributed by atoms with Crippen molar-refractivity contribution in [2.75, 3.05) is 25.6 Å². The highest BCUT2D eigenvalue weighted by atomic mass is 79.9. The van der Waals surface area contributed by atoms with Crippen LogP contribution in [0.1, 0.15) is 12.5 Å². The van der Waals surface area contributed by atoms with Gasteiger partial charge in [0.15, 0.2) is 18.1 Å². The molecule has 0 spiro atoms. The molecule has 2 N–H and O–H groups in total. The fraction of sp³-hybridized carbons (Fsp3) is 0.190. The number of halogens is 1. The third-order valence-electron chi connectivity index (χ3n) is 3.67. The Morgan fingerprint density at radius 3 is 2.67 bits per heavy atom. The zero-order valence-electron chi connectivity index (χ0n) is 16.3. The van der Waals surface area contributed by atoms with Gasteiger partial charge in [0.1, 0.15) is 17.4 Å². The Hall–Kier alpha value is -3.51. The molecule has 0 radical (unpaired) electrons. The lowest BCUT2D eigenvalue weighted by atomic mass is 10.1. The summed E-state index contributed by atoms with van der Waals surface area (Å²) in [5.74, 6) is -0.674. The number of carboxylic acid groups (broad SMARTS) is 1. The number of hydrogen-bond acceptors (Lipinski definition) is 6. The molecular weight excluding hydrogens is 456 g/mol. The van der Waals surface area contributed by atoms with E-state index in [0.29, 0.717) is 28.1 Å². The van der Waals surface area contributed by atoms with Crippen LogP contribution in [0.25, 0.3) is 6.08 Å². The summed E-state index contributed by atoms with van der Waals surface area (Å²) in [4.78, 5) is 23.3. The number of carbonyl (C=O) groups excluding carboxylic acids is 1. The standard InChI is InChI=1S/C21H19BrN2O6/c1-3-29-16-6-4-5-15(10-16)24-21(27)14(11-23)7-13-8-17(22)20(18(9-13)28-2)30-12-19(25)26/h4-10H,3,12H2,1-2H3,(H,24,27)(H,25,26)/b14-7-. The van der Waals surface area contributed by atoms with E-state index in [1.54, 1.807) is 30.3 Å². The summed E-state index contributed by atoms with van der Waals surface area (Å²) >= 11 is 3.29. The Labute approximate surface area is 181 Å². The first-order chi connectivity index (χ1) is 14.4. The molecular formula is C21H19BrN2O6. The molecule has 8 nitrogen and oxygen atoms in total. The van der Waals surface area contributed by atoms with E-state index < -0.39 is 18.5 Å². The van der Waals surface area contributed by atoms with Gasteiger partial charge in [-0.05, 0) is 58.8 Å². The monoisotopic (exact) mass is 474 g/mol. The second-order valence-electron chi connectivity index (χ2n) is 5.80. The van der Waals surface area contributed by atoms with Crippen molar-refractivity contribution < 1.29 is 28.9 Å². The second kappa shape index (κ2) is 10.9. The molecule has 0 aliphatic heterocycles. The van der Waals surface area contributed by atoms with Crippen LogP contribution in [-0.2, 0) is 9.59 Å². The van der Waals surface area contributed by atoms with Crippen LogP contribution in [0, 0.1) is 11.3 Å². The van der Waals surface area contributed by atoms with Crippen molar-refractivity contribution in [2.45, 2.75) is 6.92 Å². The molecule has 0 unspecified atom stereocenters. The zero-order valence-corrected chi connectivity index (χ0v) is 17.9. The lowest BCUT2D eigenvalue weighted by Gasteiger charge is -2.12. The maximum absolute atomic E-state index is 12.5. The maximum Gasteiger partial charge on any atom is 0.341 e. The average Bonchev–Trinajstić information content (AvgIpc) is 2.71. The molecule has 0 fully saturated rings. The number of hydrogen-bond donors (Lipinski definition) is 2. The van der Waals surface area contributed by atoms with Gasteiger partial charge in [-0.25, -0.2) is 4.79 Å². The van der Waals surface area contributed by atoms with Gasteiger partial charge in [-0.3, -0.25) is 4.79 Å². The molecule has 0 saturated heterocycles. The quantitative estimate of drug-likeness (QED) is 0.418. The summed E-state index contributed by atoms with van der Waals surface area (Å²) in [6.07, 6.45) is 1.38. The van der Waals surface area contributed by atoms with Crippen molar-refractivity contribution in [1.82, 2.24) is 0 Å². The van der Waals surface area contributed by atoms with E-state index in [4.69, 9.17) is 19.3 Å². The topological polar surface area (TPSA) is 118 Å². The number of methoxy groups -OCH3 is 1. The Bertz CT molecular complexity index is 1010. The highest BCUT2D eigenvalue weighted by Gasteiger charge is 2.15. The number of amides is 1. The molecule has 0 aromatic heterocycles. The van der Waals surface area contributed by atoms with Crippen molar-refractivity contribution in [3.8, 4) is 23.3 Å². The number of rotatable bonds is 9. The molecule has 30 heavy (non-hydrogen) atoms. The van der Waals surface area contributed by atoms with Crippen molar-refractivity contribution in [3.63, 3.8) is 0 Å². The first-order valence-corrected chi connectivity index (χ1v) is 9.55. The van der Waals surface area contributed by atoms with Crippen molar-refractivity contribution >= 4 is 39.6 Å². The van der Waals surface area contributed by atoms with Crippen molar-refractivity contribution in [3.05, 3.63) is 52.0 Å². The average molecular weight is 475 g/mol. The Kier molecular flexibility index (Phi) is 8.26. The van der Waals surface area contributed by atoms with Crippen molar-refractivity contribution in [1.29, 1.82) is 5.26 Å². The van der Waals surface area contributed by atoms with Gasteiger partial charge in [0.05, 0.1) is 18.2 Å². The summed E-state index contributed by atoms with van der Waals surface area (Å²) < 4.78 is 16.3. The van der Waals surface area contributed by atoms with Gasteiger partial charge < -0.3 is 24.6 Å². The molecule has 2 rings (SSSR count). The minimum absolute atomic E-state index is 0.134. The minimum atomic E-state index is -1.13. The van der Waals surface area contributed by atoms with E-state index in [2.05, 4.69) is 21.2 Å². The molecule has 1 amide bonds. The fourth-order valence-electron chi connectivity index (χ4n) is 2.44. The normalized spacial score (nSPS) is 10.7. The summed E-state index contributed by atoms with van der Waals surface area (Å²) in [6.45, 7) is 1.80. The lowest BCUT2D eigenvalue weighted by Crippen LogP contribution is -2.13. The van der Waals surface area contributed by atoms with Crippen LogP contribution < -0.4 is 19.5 Å². The van der Waals surface area contributed by atoms with E-state index in [9.17, 15) is 14.9 Å². The Morgan fingerprint density at radius 1 is 1.27 bits per heavy atom. The number of nitriles is 1. The largest absolute Gasteiger partial charge is 0.494 e. The molecule has 9 heteroatoms. The number of carboxylic acids is 1. The predicted molar refractivity (Wildman–Crippen MR) is 114 cm³/mol. The van der Waals surface area contributed by atoms with Gasteiger partial charge in [-0.2, -0.15) is 5.26 Å². The molecule has 2 aromatic carbocycles. The van der Waals surface area contributed by atoms with E-state index in [1.165, 1.54) is 19.3 Å². The maximum atomic E-state index is 12.5. The van der Waals surface area contributed by atoms with Crippen LogP contribution in [0.4, 0.5) is 5.69 Å². The van der Waals surface area contributed by atoms with Gasteiger partial charge in [0.2, 0.25) is 0 Å². The number of anilines is 1. The van der Waals surface area contributed by atoms with E-state index in [-0.39, 0.29) is 17.1 Å². The van der Waals surface area contributed by atoms with Crippen LogP contribution >= 0.6 is 15.9 Å². The summed E-state index contributed by atoms with van der Waals surface area (Å²) in [6, 6.07) is 11.8. The first kappa shape index (κ1) is 22.8. The highest BCUT2D eigenvalue weighted by molar-refractivity contribution is 9.10. The third-order valence-corrected chi connectivity index (χ3v) is 4.26. The molecule has 0 heterocycles. The highest BCUT2D eigenvalue weighted by Crippen LogP contribution is 2.37. The van der Waals surface area contributed by atoms with Crippen LogP contribution in [0.15, 0.2) is 46.4 Å². The third kappa shape index (κ3) is 6.25. The van der Waals surface area contributed by atoms with E-state index in [1.807, 2.05) is 13.0 Å². The molecule has 0 aliphatic rings. The number of aliphatic carboxylic acids is 1. The predicted octanol–water partition coefficient (Wildman–Crippen LogP) is 3.87. The number of carbonyl (C=O) groups is 2. The number of benzene rings is 2. The van der Waals surface area contributed by atoms with Gasteiger partial charge in [0.25, 0.3) is 5.91 Å². The van der Waals surface area contributed by atoms with E-state index in [0.717, 1.165) is 0 Å². The summed E-state index contributed by atoms with van der Waals surface area (Å²) in [5, 5.41) is 20.9. The van der Waals surface area contributed by atoms with Gasteiger partial charge in [0, 0.05) is 11.8 Å². The Morgan fingerprint density at radius 2 is 2.03 bits per heavy atom. The molecule has 0 atom stereocenters. The van der Waals surface area contributed by atoms with Crippen molar-refractivity contribution in [2.24, 2.45) is 0 Å². The lowest BCUT2D eigenvalue weighted by molar-refractivity contribution is -0.139. The number of nitrogens with zero attached hydrogens (tertiary/aromatic N) is 1. The molecule has 0 aliphatic carbocycles. The number of nitrogens with one attached hydrogen (secondary N) is 1. The van der Waals surface area contributed by atoms with E-state index >= 15 is 0 Å². The molecule has 0 bridgehead atoms.